The molecule has 3 aromatic rings. The van der Waals surface area contributed by atoms with Gasteiger partial charge in [-0.25, -0.2) is 4.39 Å². The maximum Gasteiger partial charge on any atom is 0.193 e. The average Bonchev–Trinajstić information content (AvgIpc) is 3.06. The summed E-state index contributed by atoms with van der Waals surface area (Å²) in [6.07, 6.45) is 2.66. The van der Waals surface area contributed by atoms with Gasteiger partial charge in [0.15, 0.2) is 11.6 Å². The summed E-state index contributed by atoms with van der Waals surface area (Å²) >= 11 is 0. The summed E-state index contributed by atoms with van der Waals surface area (Å²) in [6.45, 7) is 4.07. The Balaban J connectivity index is 0.00000261. The summed E-state index contributed by atoms with van der Waals surface area (Å²) < 4.78 is 15.0. The van der Waals surface area contributed by atoms with Crippen molar-refractivity contribution in [3.63, 3.8) is 0 Å². The number of aromatic nitrogens is 3. The van der Waals surface area contributed by atoms with Crippen molar-refractivity contribution in [3.8, 4) is 0 Å². The Morgan fingerprint density at radius 2 is 1.96 bits per heavy atom. The average molecular weight is 482 g/mol. The Kier molecular flexibility index (Phi) is 7.96. The normalized spacial score (nSPS) is 11.3. The number of benzene rings is 1. The van der Waals surface area contributed by atoms with Crippen LogP contribution in [-0.4, -0.2) is 45.6 Å². The van der Waals surface area contributed by atoms with E-state index in [1.807, 2.05) is 47.7 Å². The lowest BCUT2D eigenvalue weighted by molar-refractivity contribution is 0.476. The predicted molar refractivity (Wildman–Crippen MR) is 116 cm³/mol. The first-order chi connectivity index (χ1) is 12.7. The summed E-state index contributed by atoms with van der Waals surface area (Å²) in [7, 11) is 1.97. The monoisotopic (exact) mass is 482 g/mol. The highest BCUT2D eigenvalue weighted by molar-refractivity contribution is 14.0. The van der Waals surface area contributed by atoms with Crippen molar-refractivity contribution < 1.29 is 4.39 Å². The predicted octanol–water partition coefficient (Wildman–Crippen LogP) is 3.13. The molecule has 6 nitrogen and oxygen atoms in total. The number of hydrogen-bond acceptors (Lipinski definition) is 3. The first-order valence-corrected chi connectivity index (χ1v) is 8.70. The molecule has 8 heteroatoms. The van der Waals surface area contributed by atoms with Crippen LogP contribution in [-0.2, 0) is 13.0 Å². The second kappa shape index (κ2) is 10.2. The van der Waals surface area contributed by atoms with Gasteiger partial charge >= 0.3 is 0 Å². The molecule has 0 radical (unpaired) electrons. The number of pyridine rings is 1. The fraction of sp³-hybridized carbons (Fsp3) is 0.316. The molecule has 0 spiro atoms. The van der Waals surface area contributed by atoms with E-state index < -0.39 is 0 Å². The third kappa shape index (κ3) is 5.62. The molecule has 0 aliphatic carbocycles. The van der Waals surface area contributed by atoms with Crippen molar-refractivity contribution in [1.29, 1.82) is 0 Å². The number of guanidine groups is 1. The maximum atomic E-state index is 13.1. The number of hydrogen-bond donors (Lipinski definition) is 1. The number of halogens is 2. The Labute approximate surface area is 175 Å². The molecule has 0 unspecified atom stereocenters. The van der Waals surface area contributed by atoms with Crippen LogP contribution in [0.25, 0.3) is 5.65 Å². The summed E-state index contributed by atoms with van der Waals surface area (Å²) in [5, 5.41) is 11.7. The highest BCUT2D eigenvalue weighted by atomic mass is 127. The number of aliphatic imine (C=N–C) groups is 1. The molecule has 27 heavy (non-hydrogen) atoms. The number of nitrogens with one attached hydrogen (secondary N) is 1. The molecule has 0 aliphatic rings. The minimum absolute atomic E-state index is 0. The van der Waals surface area contributed by atoms with Crippen LogP contribution in [0.5, 0.6) is 0 Å². The zero-order valence-corrected chi connectivity index (χ0v) is 17.8. The van der Waals surface area contributed by atoms with Gasteiger partial charge in [0.05, 0.1) is 0 Å². The lowest BCUT2D eigenvalue weighted by atomic mass is 10.2. The third-order valence-electron chi connectivity index (χ3n) is 4.01. The van der Waals surface area contributed by atoms with E-state index in [-0.39, 0.29) is 29.8 Å². The molecular weight excluding hydrogens is 458 g/mol. The van der Waals surface area contributed by atoms with Gasteiger partial charge in [0.1, 0.15) is 11.6 Å². The van der Waals surface area contributed by atoms with Gasteiger partial charge in [-0.05, 0) is 36.8 Å². The first-order valence-electron chi connectivity index (χ1n) is 8.70. The van der Waals surface area contributed by atoms with Crippen LogP contribution in [0.3, 0.4) is 0 Å². The van der Waals surface area contributed by atoms with Crippen LogP contribution in [0.4, 0.5) is 4.39 Å². The molecule has 1 N–H and O–H groups in total. The highest BCUT2D eigenvalue weighted by Gasteiger charge is 2.08. The molecule has 144 valence electrons. The lowest BCUT2D eigenvalue weighted by Crippen LogP contribution is -2.38. The van der Waals surface area contributed by atoms with Gasteiger partial charge < -0.3 is 10.2 Å². The molecule has 0 amide bonds. The van der Waals surface area contributed by atoms with Crippen LogP contribution < -0.4 is 5.32 Å². The van der Waals surface area contributed by atoms with Gasteiger partial charge in [0, 0.05) is 39.3 Å². The zero-order valence-electron chi connectivity index (χ0n) is 15.5. The van der Waals surface area contributed by atoms with E-state index in [2.05, 4.69) is 20.5 Å². The van der Waals surface area contributed by atoms with Crippen LogP contribution >= 0.6 is 24.0 Å². The van der Waals surface area contributed by atoms with Gasteiger partial charge in [0.2, 0.25) is 0 Å². The van der Waals surface area contributed by atoms with Crippen LogP contribution in [0, 0.1) is 5.82 Å². The molecule has 0 atom stereocenters. The Hall–Kier alpha value is -2.23. The molecule has 0 aliphatic heterocycles. The minimum Gasteiger partial charge on any atom is -0.357 e. The molecule has 3 rings (SSSR count). The van der Waals surface area contributed by atoms with E-state index in [1.165, 1.54) is 12.1 Å². The van der Waals surface area contributed by atoms with Gasteiger partial charge in [-0.2, -0.15) is 0 Å². The van der Waals surface area contributed by atoms with E-state index in [9.17, 15) is 4.39 Å². The van der Waals surface area contributed by atoms with Crippen molar-refractivity contribution in [3.05, 3.63) is 65.9 Å². The smallest absolute Gasteiger partial charge is 0.193 e. The second-order valence-corrected chi connectivity index (χ2v) is 6.01. The fourth-order valence-corrected chi connectivity index (χ4v) is 2.73. The molecule has 2 aromatic heterocycles. The topological polar surface area (TPSA) is 57.8 Å². The van der Waals surface area contributed by atoms with Crippen molar-refractivity contribution in [1.82, 2.24) is 24.8 Å². The van der Waals surface area contributed by atoms with Crippen LogP contribution in [0.2, 0.25) is 0 Å². The largest absolute Gasteiger partial charge is 0.357 e. The van der Waals surface area contributed by atoms with Crippen molar-refractivity contribution in [2.75, 3.05) is 20.1 Å². The quantitative estimate of drug-likeness (QED) is 0.333. The van der Waals surface area contributed by atoms with Gasteiger partial charge in [-0.1, -0.05) is 18.2 Å². The van der Waals surface area contributed by atoms with E-state index in [1.54, 1.807) is 12.1 Å². The Morgan fingerprint density at radius 1 is 1.19 bits per heavy atom. The Morgan fingerprint density at radius 3 is 2.70 bits per heavy atom. The third-order valence-corrected chi connectivity index (χ3v) is 4.01. The molecule has 1 aromatic carbocycles. The summed E-state index contributed by atoms with van der Waals surface area (Å²) in [6, 6.07) is 12.4. The molecular formula is C19H24FIN6. The maximum absolute atomic E-state index is 13.1. The second-order valence-electron chi connectivity index (χ2n) is 6.01. The molecule has 0 fully saturated rings. The van der Waals surface area contributed by atoms with Crippen molar-refractivity contribution in [2.24, 2.45) is 4.99 Å². The number of nitrogens with zero attached hydrogens (tertiary/aromatic N) is 5. The van der Waals surface area contributed by atoms with E-state index in [0.29, 0.717) is 19.5 Å². The molecule has 0 saturated heterocycles. The summed E-state index contributed by atoms with van der Waals surface area (Å²) in [5.41, 5.74) is 1.87. The van der Waals surface area contributed by atoms with Crippen LogP contribution in [0.15, 0.2) is 53.7 Å². The SMILES string of the molecule is CCNC(=NCCc1nnc2ccccn12)N(C)Cc1ccc(F)cc1.I. The highest BCUT2D eigenvalue weighted by Crippen LogP contribution is 2.07. The van der Waals surface area contributed by atoms with Crippen LogP contribution in [0.1, 0.15) is 18.3 Å². The van der Waals surface area contributed by atoms with Gasteiger partial charge in [-0.3, -0.25) is 9.39 Å². The number of fused-ring (bicyclic) bond motifs is 1. The van der Waals surface area contributed by atoms with E-state index in [0.717, 1.165) is 29.5 Å². The zero-order chi connectivity index (χ0) is 18.4. The lowest BCUT2D eigenvalue weighted by Gasteiger charge is -2.22. The standard InChI is InChI=1S/C19H23FN6.HI/c1-3-21-19(25(2)14-15-7-9-16(20)10-8-15)22-12-11-18-24-23-17-6-4-5-13-26(17)18;/h4-10,13H,3,11-12,14H2,1-2H3,(H,21,22);1H. The van der Waals surface area contributed by atoms with Crippen molar-refractivity contribution in [2.45, 2.75) is 19.9 Å². The molecule has 2 heterocycles. The van der Waals surface area contributed by atoms with Gasteiger partial charge in [-0.15, -0.1) is 34.2 Å². The Bertz CT molecular complexity index is 877. The minimum atomic E-state index is -0.225. The van der Waals surface area contributed by atoms with E-state index >= 15 is 0 Å². The van der Waals surface area contributed by atoms with Crippen molar-refractivity contribution >= 4 is 35.6 Å². The number of rotatable bonds is 6. The van der Waals surface area contributed by atoms with E-state index in [4.69, 9.17) is 0 Å². The first kappa shape index (κ1) is 21.1. The summed E-state index contributed by atoms with van der Waals surface area (Å²) in [5.74, 6) is 1.48. The van der Waals surface area contributed by atoms with Gasteiger partial charge in [0.25, 0.3) is 0 Å². The molecule has 0 bridgehead atoms. The molecule has 0 saturated carbocycles. The fourth-order valence-electron chi connectivity index (χ4n) is 2.73. The summed E-state index contributed by atoms with van der Waals surface area (Å²) in [4.78, 5) is 6.71.